The van der Waals surface area contributed by atoms with Gasteiger partial charge < -0.3 is 4.90 Å². The van der Waals surface area contributed by atoms with Crippen LogP contribution in [0.5, 0.6) is 0 Å². The molecular weight excluding hydrogens is 376 g/mol. The molecule has 2 rings (SSSR count). The third-order valence-electron chi connectivity index (χ3n) is 3.55. The summed E-state index contributed by atoms with van der Waals surface area (Å²) < 4.78 is 28.0. The highest BCUT2D eigenvalue weighted by Gasteiger charge is 2.14. The number of aryl methyl sites for hydroxylation is 1. The minimum absolute atomic E-state index is 0.277. The van der Waals surface area contributed by atoms with E-state index in [1.165, 1.54) is 5.56 Å². The lowest BCUT2D eigenvalue weighted by molar-refractivity contribution is 0.581. The molecule has 1 N–H and O–H groups in total. The van der Waals surface area contributed by atoms with Gasteiger partial charge in [-0.05, 0) is 55.8 Å². The second kappa shape index (κ2) is 7.95. The number of anilines is 1. The molecule has 0 saturated heterocycles. The van der Waals surface area contributed by atoms with Gasteiger partial charge in [0.05, 0.1) is 4.90 Å². The summed E-state index contributed by atoms with van der Waals surface area (Å²) in [5.74, 6) is 0. The summed E-state index contributed by atoms with van der Waals surface area (Å²) in [6.07, 6.45) is 0. The summed E-state index contributed by atoms with van der Waals surface area (Å²) in [5, 5.41) is 0. The van der Waals surface area contributed by atoms with E-state index in [1.54, 1.807) is 24.3 Å². The number of halogens is 1. The highest BCUT2D eigenvalue weighted by atomic mass is 79.9. The van der Waals surface area contributed by atoms with E-state index in [-0.39, 0.29) is 4.90 Å². The quantitative estimate of drug-likeness (QED) is 0.777. The summed E-state index contributed by atoms with van der Waals surface area (Å²) in [7, 11) is -3.47. The van der Waals surface area contributed by atoms with Gasteiger partial charge in [0.1, 0.15) is 0 Å². The lowest BCUT2D eigenvalue weighted by atomic mass is 10.2. The molecule has 2 aromatic carbocycles. The van der Waals surface area contributed by atoms with Gasteiger partial charge in [0.15, 0.2) is 0 Å². The fraction of sp³-hybridized carbons (Fsp3) is 0.294. The average Bonchev–Trinajstić information content (AvgIpc) is 2.52. The molecule has 0 atom stereocenters. The number of sulfonamides is 1. The molecule has 23 heavy (non-hydrogen) atoms. The summed E-state index contributed by atoms with van der Waals surface area (Å²) in [6.45, 7) is 5.92. The van der Waals surface area contributed by atoms with E-state index in [0.29, 0.717) is 13.1 Å². The summed E-state index contributed by atoms with van der Waals surface area (Å²) >= 11 is 3.30. The second-order valence-corrected chi connectivity index (χ2v) is 7.95. The first-order chi connectivity index (χ1) is 10.9. The maximum absolute atomic E-state index is 12.3. The Labute approximate surface area is 146 Å². The van der Waals surface area contributed by atoms with E-state index in [9.17, 15) is 8.42 Å². The van der Waals surface area contributed by atoms with E-state index in [0.717, 1.165) is 16.7 Å². The summed E-state index contributed by atoms with van der Waals surface area (Å²) in [6, 6.07) is 14.8. The number of hydrogen-bond donors (Lipinski definition) is 1. The first-order valence-electron chi connectivity index (χ1n) is 7.49. The molecule has 4 nitrogen and oxygen atoms in total. The number of rotatable bonds is 7. The molecule has 0 aliphatic carbocycles. The first-order valence-corrected chi connectivity index (χ1v) is 9.77. The molecule has 0 aromatic heterocycles. The molecular formula is C17H21BrN2O2S. The fourth-order valence-electron chi connectivity index (χ4n) is 2.31. The molecule has 0 bridgehead atoms. The van der Waals surface area contributed by atoms with E-state index in [1.807, 2.05) is 25.1 Å². The van der Waals surface area contributed by atoms with Gasteiger partial charge in [-0.3, -0.25) is 0 Å². The van der Waals surface area contributed by atoms with Crippen LogP contribution in [0.1, 0.15) is 12.5 Å². The second-order valence-electron chi connectivity index (χ2n) is 5.27. The largest absolute Gasteiger partial charge is 0.370 e. The fourth-order valence-corrected chi connectivity index (χ4v) is 3.59. The molecule has 0 heterocycles. The Morgan fingerprint density at radius 2 is 1.83 bits per heavy atom. The number of nitrogens with one attached hydrogen (secondary N) is 1. The van der Waals surface area contributed by atoms with Gasteiger partial charge in [0, 0.05) is 29.8 Å². The molecule has 6 heteroatoms. The van der Waals surface area contributed by atoms with Crippen molar-refractivity contribution in [1.29, 1.82) is 0 Å². The Morgan fingerprint density at radius 1 is 1.13 bits per heavy atom. The Bertz CT molecular complexity index is 745. The van der Waals surface area contributed by atoms with Gasteiger partial charge in [-0.1, -0.05) is 28.1 Å². The normalized spacial score (nSPS) is 11.4. The van der Waals surface area contributed by atoms with Crippen LogP contribution in [0.15, 0.2) is 57.9 Å². The van der Waals surface area contributed by atoms with Crippen molar-refractivity contribution in [2.24, 2.45) is 0 Å². The molecule has 0 saturated carbocycles. The average molecular weight is 397 g/mol. The van der Waals surface area contributed by atoms with Gasteiger partial charge in [-0.15, -0.1) is 0 Å². The maximum Gasteiger partial charge on any atom is 0.240 e. The molecule has 0 aliphatic heterocycles. The monoisotopic (exact) mass is 396 g/mol. The molecule has 0 fully saturated rings. The van der Waals surface area contributed by atoms with Crippen molar-refractivity contribution in [1.82, 2.24) is 4.72 Å². The minimum atomic E-state index is -3.47. The predicted octanol–water partition coefficient (Wildman–Crippen LogP) is 3.56. The van der Waals surface area contributed by atoms with E-state index >= 15 is 0 Å². The van der Waals surface area contributed by atoms with Gasteiger partial charge in [0.25, 0.3) is 0 Å². The van der Waals surface area contributed by atoms with E-state index < -0.39 is 10.0 Å². The van der Waals surface area contributed by atoms with Crippen molar-refractivity contribution >= 4 is 31.6 Å². The van der Waals surface area contributed by atoms with Crippen molar-refractivity contribution < 1.29 is 8.42 Å². The Balaban J connectivity index is 1.98. The zero-order chi connectivity index (χ0) is 16.9. The van der Waals surface area contributed by atoms with Crippen molar-refractivity contribution in [2.75, 3.05) is 24.5 Å². The van der Waals surface area contributed by atoms with Gasteiger partial charge in [-0.2, -0.15) is 0 Å². The highest BCUT2D eigenvalue weighted by molar-refractivity contribution is 9.10. The van der Waals surface area contributed by atoms with E-state index in [4.69, 9.17) is 0 Å². The van der Waals surface area contributed by atoms with Crippen molar-refractivity contribution in [3.8, 4) is 0 Å². The lowest BCUT2D eigenvalue weighted by Gasteiger charge is -2.23. The van der Waals surface area contributed by atoms with Crippen LogP contribution in [0.4, 0.5) is 5.69 Å². The maximum atomic E-state index is 12.3. The lowest BCUT2D eigenvalue weighted by Crippen LogP contribution is -2.35. The Morgan fingerprint density at radius 3 is 2.43 bits per heavy atom. The number of likely N-dealkylation sites (N-methyl/N-ethyl adjacent to an activating group) is 1. The van der Waals surface area contributed by atoms with Crippen LogP contribution < -0.4 is 9.62 Å². The first kappa shape index (κ1) is 18.0. The van der Waals surface area contributed by atoms with E-state index in [2.05, 4.69) is 38.5 Å². The van der Waals surface area contributed by atoms with Gasteiger partial charge >= 0.3 is 0 Å². The van der Waals surface area contributed by atoms with Crippen LogP contribution in [-0.4, -0.2) is 28.1 Å². The van der Waals surface area contributed by atoms with Crippen LogP contribution in [-0.2, 0) is 10.0 Å². The summed E-state index contributed by atoms with van der Waals surface area (Å²) in [4.78, 5) is 2.43. The zero-order valence-corrected chi connectivity index (χ0v) is 15.7. The summed E-state index contributed by atoms with van der Waals surface area (Å²) in [5.41, 5.74) is 2.30. The predicted molar refractivity (Wildman–Crippen MR) is 98.4 cm³/mol. The number of nitrogens with zero attached hydrogens (tertiary/aromatic N) is 1. The third-order valence-corrected chi connectivity index (χ3v) is 5.55. The zero-order valence-electron chi connectivity index (χ0n) is 13.3. The molecule has 0 aliphatic rings. The molecule has 2 aromatic rings. The van der Waals surface area contributed by atoms with Gasteiger partial charge in [0.2, 0.25) is 10.0 Å². The van der Waals surface area contributed by atoms with Crippen molar-refractivity contribution in [2.45, 2.75) is 18.7 Å². The minimum Gasteiger partial charge on any atom is -0.370 e. The third kappa shape index (κ3) is 5.06. The van der Waals surface area contributed by atoms with Crippen LogP contribution in [0, 0.1) is 6.92 Å². The standard InChI is InChI=1S/C17H21BrN2O2S/c1-3-20(16-6-4-5-14(2)13-16)12-11-19-23(21,22)17-9-7-15(18)8-10-17/h4-10,13,19H,3,11-12H2,1-2H3. The van der Waals surface area contributed by atoms with Crippen LogP contribution in [0.25, 0.3) is 0 Å². The topological polar surface area (TPSA) is 49.4 Å². The highest BCUT2D eigenvalue weighted by Crippen LogP contribution is 2.16. The Hall–Kier alpha value is -1.37. The van der Waals surface area contributed by atoms with Crippen molar-refractivity contribution in [3.63, 3.8) is 0 Å². The smallest absolute Gasteiger partial charge is 0.240 e. The van der Waals surface area contributed by atoms with Crippen LogP contribution in [0.2, 0.25) is 0 Å². The number of hydrogen-bond acceptors (Lipinski definition) is 3. The van der Waals surface area contributed by atoms with Gasteiger partial charge in [-0.25, -0.2) is 13.1 Å². The molecule has 124 valence electrons. The SMILES string of the molecule is CCN(CCNS(=O)(=O)c1ccc(Br)cc1)c1cccc(C)c1. The van der Waals surface area contributed by atoms with Crippen LogP contribution in [0.3, 0.4) is 0 Å². The molecule has 0 unspecified atom stereocenters. The number of benzene rings is 2. The molecule has 0 amide bonds. The van der Waals surface area contributed by atoms with Crippen LogP contribution >= 0.6 is 15.9 Å². The Kier molecular flexibility index (Phi) is 6.21. The molecule has 0 spiro atoms. The van der Waals surface area contributed by atoms with Crippen molar-refractivity contribution in [3.05, 3.63) is 58.6 Å². The molecule has 0 radical (unpaired) electrons.